The van der Waals surface area contributed by atoms with Crippen LogP contribution in [-0.2, 0) is 6.54 Å². The van der Waals surface area contributed by atoms with Crippen LogP contribution in [0.2, 0.25) is 0 Å². The molecule has 0 atom stereocenters. The Kier molecular flexibility index (Phi) is 3.79. The van der Waals surface area contributed by atoms with Gasteiger partial charge < -0.3 is 10.1 Å². The average Bonchev–Trinajstić information content (AvgIpc) is 3.11. The fraction of sp³-hybridized carbons (Fsp3) is 0.571. The summed E-state index contributed by atoms with van der Waals surface area (Å²) in [6.07, 6.45) is 2.71. The van der Waals surface area contributed by atoms with Gasteiger partial charge in [-0.2, -0.15) is 0 Å². The molecule has 0 unspecified atom stereocenters. The van der Waals surface area contributed by atoms with E-state index in [-0.39, 0.29) is 5.54 Å². The Morgan fingerprint density at radius 3 is 2.71 bits per heavy atom. The number of methoxy groups -OCH3 is 1. The lowest BCUT2D eigenvalue weighted by molar-refractivity contribution is 0.334. The van der Waals surface area contributed by atoms with Crippen LogP contribution < -0.4 is 10.1 Å². The maximum Gasteiger partial charge on any atom is 0.123 e. The van der Waals surface area contributed by atoms with Crippen LogP contribution in [0.4, 0.5) is 0 Å². The van der Waals surface area contributed by atoms with Crippen LogP contribution >= 0.6 is 15.9 Å². The van der Waals surface area contributed by atoms with E-state index in [9.17, 15) is 0 Å². The Labute approximate surface area is 112 Å². The minimum absolute atomic E-state index is 0.229. The summed E-state index contributed by atoms with van der Waals surface area (Å²) >= 11 is 3.50. The van der Waals surface area contributed by atoms with Gasteiger partial charge in [0.2, 0.25) is 0 Å². The first kappa shape index (κ1) is 12.9. The summed E-state index contributed by atoms with van der Waals surface area (Å²) in [5, 5.41) is 3.64. The summed E-state index contributed by atoms with van der Waals surface area (Å²) in [7, 11) is 1.72. The number of benzene rings is 1. The third-order valence-corrected chi connectivity index (χ3v) is 4.07. The largest absolute Gasteiger partial charge is 0.496 e. The molecule has 1 fully saturated rings. The van der Waals surface area contributed by atoms with E-state index in [2.05, 4.69) is 41.2 Å². The molecule has 0 amide bonds. The molecule has 94 valence electrons. The molecule has 1 aromatic carbocycles. The van der Waals surface area contributed by atoms with Gasteiger partial charge in [0.25, 0.3) is 0 Å². The highest BCUT2D eigenvalue weighted by Gasteiger charge is 2.37. The van der Waals surface area contributed by atoms with Crippen molar-refractivity contribution < 1.29 is 4.74 Å². The minimum Gasteiger partial charge on any atom is -0.496 e. The number of ether oxygens (including phenoxy) is 1. The van der Waals surface area contributed by atoms with E-state index in [0.29, 0.717) is 0 Å². The Morgan fingerprint density at radius 1 is 1.41 bits per heavy atom. The van der Waals surface area contributed by atoms with E-state index in [4.69, 9.17) is 4.74 Å². The molecule has 1 saturated carbocycles. The summed E-state index contributed by atoms with van der Waals surface area (Å²) in [4.78, 5) is 0. The molecule has 1 N–H and O–H groups in total. The fourth-order valence-corrected chi connectivity index (χ4v) is 2.57. The Morgan fingerprint density at radius 2 is 2.12 bits per heavy atom. The predicted octanol–water partition coefficient (Wildman–Crippen LogP) is 3.74. The number of rotatable bonds is 5. The van der Waals surface area contributed by atoms with Crippen molar-refractivity contribution in [3.05, 3.63) is 28.2 Å². The van der Waals surface area contributed by atoms with Gasteiger partial charge in [0, 0.05) is 22.1 Å². The zero-order chi connectivity index (χ0) is 12.5. The molecule has 0 saturated heterocycles. The summed E-state index contributed by atoms with van der Waals surface area (Å²) in [6.45, 7) is 5.43. The Hall–Kier alpha value is -0.540. The lowest BCUT2D eigenvalue weighted by atomic mass is 9.98. The quantitative estimate of drug-likeness (QED) is 0.894. The number of nitrogens with one attached hydrogen (secondary N) is 1. The molecule has 0 radical (unpaired) electrons. The highest BCUT2D eigenvalue weighted by molar-refractivity contribution is 9.10. The van der Waals surface area contributed by atoms with Crippen molar-refractivity contribution in [1.82, 2.24) is 5.32 Å². The van der Waals surface area contributed by atoms with Gasteiger partial charge in [-0.05, 0) is 50.8 Å². The van der Waals surface area contributed by atoms with E-state index in [1.807, 2.05) is 12.1 Å². The second kappa shape index (κ2) is 4.99. The number of hydrogen-bond donors (Lipinski definition) is 1. The topological polar surface area (TPSA) is 21.3 Å². The fourth-order valence-electron chi connectivity index (χ4n) is 2.16. The molecule has 0 heterocycles. The first-order valence-electron chi connectivity index (χ1n) is 6.10. The van der Waals surface area contributed by atoms with Gasteiger partial charge in [-0.1, -0.05) is 15.9 Å². The third kappa shape index (κ3) is 3.23. The van der Waals surface area contributed by atoms with Gasteiger partial charge in [-0.15, -0.1) is 0 Å². The van der Waals surface area contributed by atoms with Gasteiger partial charge in [-0.3, -0.25) is 0 Å². The highest BCUT2D eigenvalue weighted by Crippen LogP contribution is 2.39. The van der Waals surface area contributed by atoms with E-state index >= 15 is 0 Å². The SMILES string of the molecule is COc1ccc(Br)cc1CNC(C)(C)C1CC1. The molecule has 0 bridgehead atoms. The average molecular weight is 298 g/mol. The molecule has 0 spiro atoms. The smallest absolute Gasteiger partial charge is 0.123 e. The summed E-state index contributed by atoms with van der Waals surface area (Å²) in [5.41, 5.74) is 1.43. The maximum absolute atomic E-state index is 5.38. The standard InChI is InChI=1S/C14H20BrNO/c1-14(2,11-4-5-11)16-9-10-8-12(15)6-7-13(10)17-3/h6-8,11,16H,4-5,9H2,1-3H3. The van der Waals surface area contributed by atoms with Crippen molar-refractivity contribution >= 4 is 15.9 Å². The molecule has 2 nitrogen and oxygen atoms in total. The molecule has 0 aromatic heterocycles. The number of halogens is 1. The first-order chi connectivity index (χ1) is 8.03. The van der Waals surface area contributed by atoms with Gasteiger partial charge in [0.1, 0.15) is 5.75 Å². The molecule has 1 aromatic rings. The molecule has 1 aliphatic rings. The van der Waals surface area contributed by atoms with Crippen LogP contribution in [0.25, 0.3) is 0 Å². The van der Waals surface area contributed by atoms with Crippen molar-refractivity contribution in [2.75, 3.05) is 7.11 Å². The molecule has 17 heavy (non-hydrogen) atoms. The summed E-state index contributed by atoms with van der Waals surface area (Å²) < 4.78 is 6.48. The molecule has 2 rings (SSSR count). The zero-order valence-corrected chi connectivity index (χ0v) is 12.3. The second-order valence-corrected chi connectivity index (χ2v) is 6.22. The monoisotopic (exact) mass is 297 g/mol. The lowest BCUT2D eigenvalue weighted by Gasteiger charge is -2.26. The molecule has 3 heteroatoms. The Balaban J connectivity index is 2.04. The Bertz CT molecular complexity index is 399. The van der Waals surface area contributed by atoms with Crippen molar-refractivity contribution in [1.29, 1.82) is 0 Å². The maximum atomic E-state index is 5.38. The minimum atomic E-state index is 0.229. The summed E-state index contributed by atoms with van der Waals surface area (Å²) in [5.74, 6) is 1.79. The lowest BCUT2D eigenvalue weighted by Crippen LogP contribution is -2.40. The molecular formula is C14H20BrNO. The van der Waals surface area contributed by atoms with E-state index in [1.54, 1.807) is 7.11 Å². The van der Waals surface area contributed by atoms with Gasteiger partial charge in [0.15, 0.2) is 0 Å². The second-order valence-electron chi connectivity index (χ2n) is 5.31. The van der Waals surface area contributed by atoms with Crippen LogP contribution in [-0.4, -0.2) is 12.6 Å². The first-order valence-corrected chi connectivity index (χ1v) is 6.89. The third-order valence-electron chi connectivity index (χ3n) is 3.57. The van der Waals surface area contributed by atoms with Crippen LogP contribution in [0.3, 0.4) is 0 Å². The van der Waals surface area contributed by atoms with Crippen molar-refractivity contribution in [3.8, 4) is 5.75 Å². The van der Waals surface area contributed by atoms with E-state index in [1.165, 1.54) is 18.4 Å². The van der Waals surface area contributed by atoms with Gasteiger partial charge >= 0.3 is 0 Å². The number of hydrogen-bond acceptors (Lipinski definition) is 2. The predicted molar refractivity (Wildman–Crippen MR) is 74.3 cm³/mol. The van der Waals surface area contributed by atoms with Crippen LogP contribution in [0, 0.1) is 5.92 Å². The van der Waals surface area contributed by atoms with Crippen LogP contribution in [0.1, 0.15) is 32.3 Å². The van der Waals surface area contributed by atoms with Crippen molar-refractivity contribution in [3.63, 3.8) is 0 Å². The molecule has 1 aliphatic carbocycles. The van der Waals surface area contributed by atoms with Crippen LogP contribution in [0.5, 0.6) is 5.75 Å². The van der Waals surface area contributed by atoms with E-state index < -0.39 is 0 Å². The van der Waals surface area contributed by atoms with Crippen LogP contribution in [0.15, 0.2) is 22.7 Å². The normalized spacial score (nSPS) is 16.0. The van der Waals surface area contributed by atoms with Gasteiger partial charge in [0.05, 0.1) is 7.11 Å². The molecular weight excluding hydrogens is 278 g/mol. The zero-order valence-electron chi connectivity index (χ0n) is 10.7. The van der Waals surface area contributed by atoms with Gasteiger partial charge in [-0.25, -0.2) is 0 Å². The van der Waals surface area contributed by atoms with E-state index in [0.717, 1.165) is 22.7 Å². The van der Waals surface area contributed by atoms with Crippen molar-refractivity contribution in [2.45, 2.75) is 38.8 Å². The van der Waals surface area contributed by atoms with Crippen molar-refractivity contribution in [2.24, 2.45) is 5.92 Å². The summed E-state index contributed by atoms with van der Waals surface area (Å²) in [6, 6.07) is 6.13. The highest BCUT2D eigenvalue weighted by atomic mass is 79.9. The molecule has 0 aliphatic heterocycles.